The van der Waals surface area contributed by atoms with Gasteiger partial charge in [0.2, 0.25) is 0 Å². The van der Waals surface area contributed by atoms with Crippen molar-refractivity contribution in [3.8, 4) is 0 Å². The normalized spacial score (nSPS) is 21.2. The lowest BCUT2D eigenvalue weighted by Crippen LogP contribution is -2.59. The summed E-state index contributed by atoms with van der Waals surface area (Å²) in [5.41, 5.74) is 4.95. The highest BCUT2D eigenvalue weighted by atomic mass is 16.5. The molecule has 0 aliphatic carbocycles. The number of likely N-dealkylation sites (tertiary alicyclic amines) is 1. The molecule has 1 aliphatic rings. The van der Waals surface area contributed by atoms with Crippen LogP contribution in [0.2, 0.25) is 0 Å². The van der Waals surface area contributed by atoms with E-state index in [1.165, 1.54) is 5.39 Å². The first-order valence-corrected chi connectivity index (χ1v) is 6.91. The Hall–Kier alpha value is -2.29. The van der Waals surface area contributed by atoms with Gasteiger partial charge in [-0.25, -0.2) is 0 Å². The van der Waals surface area contributed by atoms with Crippen LogP contribution in [0, 0.1) is 0 Å². The number of rotatable bonds is 4. The third-order valence-corrected chi connectivity index (χ3v) is 4.13. The Morgan fingerprint density at radius 3 is 2.86 bits per heavy atom. The number of amides is 1. The predicted octanol–water partition coefficient (Wildman–Crippen LogP) is 2.42. The van der Waals surface area contributed by atoms with Crippen molar-refractivity contribution in [1.29, 1.82) is 0 Å². The monoisotopic (exact) mass is 282 g/mol. The summed E-state index contributed by atoms with van der Waals surface area (Å²) in [4.78, 5) is 13.9. The van der Waals surface area contributed by atoms with E-state index in [1.54, 1.807) is 18.1 Å². The SMILES string of the molecule is C=C=CCN1C(=O)C(OC)C1c1cc2ccccc2n1C. The molecule has 4 heteroatoms. The smallest absolute Gasteiger partial charge is 0.255 e. The Morgan fingerprint density at radius 1 is 1.43 bits per heavy atom. The topological polar surface area (TPSA) is 34.5 Å². The summed E-state index contributed by atoms with van der Waals surface area (Å²) in [5.74, 6) is 0.0132. The van der Waals surface area contributed by atoms with Gasteiger partial charge >= 0.3 is 0 Å². The summed E-state index contributed by atoms with van der Waals surface area (Å²) in [6, 6.07) is 10.3. The number of hydrogen-bond acceptors (Lipinski definition) is 2. The van der Waals surface area contributed by atoms with Crippen molar-refractivity contribution in [3.63, 3.8) is 0 Å². The van der Waals surface area contributed by atoms with Crippen molar-refractivity contribution >= 4 is 16.8 Å². The van der Waals surface area contributed by atoms with Crippen LogP contribution in [0.25, 0.3) is 10.9 Å². The molecule has 1 aromatic heterocycles. The first kappa shape index (κ1) is 13.7. The third-order valence-electron chi connectivity index (χ3n) is 4.13. The Labute approximate surface area is 123 Å². The number of benzene rings is 1. The molecule has 2 atom stereocenters. The van der Waals surface area contributed by atoms with Crippen LogP contribution >= 0.6 is 0 Å². The number of hydrogen-bond donors (Lipinski definition) is 0. The second-order valence-electron chi connectivity index (χ2n) is 5.19. The number of β-lactam (4-membered cyclic amide) rings is 1. The molecular weight excluding hydrogens is 264 g/mol. The maximum Gasteiger partial charge on any atom is 0.255 e. The molecule has 0 N–H and O–H groups in total. The molecule has 0 saturated carbocycles. The molecule has 0 radical (unpaired) electrons. The van der Waals surface area contributed by atoms with Crippen LogP contribution < -0.4 is 0 Å². The number of nitrogens with zero attached hydrogens (tertiary/aromatic N) is 2. The van der Waals surface area contributed by atoms with Gasteiger partial charge in [-0.15, -0.1) is 5.73 Å². The van der Waals surface area contributed by atoms with E-state index < -0.39 is 6.10 Å². The Balaban J connectivity index is 2.04. The van der Waals surface area contributed by atoms with E-state index in [0.717, 1.165) is 11.2 Å². The zero-order valence-corrected chi connectivity index (χ0v) is 12.2. The molecule has 108 valence electrons. The van der Waals surface area contributed by atoms with Gasteiger partial charge in [0, 0.05) is 31.9 Å². The number of carbonyl (C=O) groups excluding carboxylic acids is 1. The highest BCUT2D eigenvalue weighted by molar-refractivity contribution is 5.90. The zero-order valence-electron chi connectivity index (χ0n) is 12.2. The summed E-state index contributed by atoms with van der Waals surface area (Å²) in [6.07, 6.45) is 1.35. The second-order valence-corrected chi connectivity index (χ2v) is 5.19. The summed E-state index contributed by atoms with van der Waals surface area (Å²) in [7, 11) is 3.60. The molecule has 2 unspecified atom stereocenters. The van der Waals surface area contributed by atoms with E-state index in [9.17, 15) is 4.79 Å². The average Bonchev–Trinajstić information content (AvgIpc) is 2.82. The van der Waals surface area contributed by atoms with Gasteiger partial charge in [-0.3, -0.25) is 4.79 Å². The minimum atomic E-state index is -0.411. The van der Waals surface area contributed by atoms with Gasteiger partial charge in [-0.2, -0.15) is 0 Å². The molecule has 1 aromatic carbocycles. The molecule has 1 amide bonds. The fraction of sp³-hybridized carbons (Fsp3) is 0.294. The van der Waals surface area contributed by atoms with Crippen LogP contribution in [0.3, 0.4) is 0 Å². The molecule has 0 bridgehead atoms. The van der Waals surface area contributed by atoms with Crippen LogP contribution in [0.4, 0.5) is 0 Å². The maximum atomic E-state index is 12.1. The summed E-state index contributed by atoms with van der Waals surface area (Å²) < 4.78 is 7.50. The van der Waals surface area contributed by atoms with E-state index in [1.807, 2.05) is 19.2 Å². The van der Waals surface area contributed by atoms with Crippen LogP contribution in [-0.2, 0) is 16.6 Å². The van der Waals surface area contributed by atoms with E-state index in [0.29, 0.717) is 6.54 Å². The van der Waals surface area contributed by atoms with Crippen molar-refractivity contribution in [2.24, 2.45) is 7.05 Å². The van der Waals surface area contributed by atoms with Gasteiger partial charge in [0.15, 0.2) is 6.10 Å². The lowest BCUT2D eigenvalue weighted by atomic mass is 9.94. The molecule has 2 heterocycles. The molecule has 0 spiro atoms. The lowest BCUT2D eigenvalue weighted by molar-refractivity contribution is -0.170. The first-order chi connectivity index (χ1) is 10.2. The number of fused-ring (bicyclic) bond motifs is 1. The molecule has 2 aromatic rings. The van der Waals surface area contributed by atoms with Crippen LogP contribution in [-0.4, -0.2) is 35.1 Å². The summed E-state index contributed by atoms with van der Waals surface area (Å²) in [5, 5.41) is 1.17. The minimum absolute atomic E-state index is 0.0132. The van der Waals surface area contributed by atoms with Gasteiger partial charge in [0.1, 0.15) is 6.04 Å². The number of ether oxygens (including phenoxy) is 1. The number of aromatic nitrogens is 1. The summed E-state index contributed by atoms with van der Waals surface area (Å²) in [6.45, 7) is 4.06. The van der Waals surface area contributed by atoms with Crippen molar-refractivity contribution in [2.75, 3.05) is 13.7 Å². The Kier molecular flexibility index (Phi) is 3.42. The van der Waals surface area contributed by atoms with Gasteiger partial charge in [0.05, 0.1) is 0 Å². The molecule has 3 rings (SSSR count). The molecular formula is C17H18N2O2. The van der Waals surface area contributed by atoms with E-state index in [-0.39, 0.29) is 11.9 Å². The van der Waals surface area contributed by atoms with Crippen LogP contribution in [0.15, 0.2) is 48.7 Å². The van der Waals surface area contributed by atoms with E-state index >= 15 is 0 Å². The van der Waals surface area contributed by atoms with Gasteiger partial charge in [0.25, 0.3) is 5.91 Å². The summed E-state index contributed by atoms with van der Waals surface area (Å²) >= 11 is 0. The second kappa shape index (κ2) is 5.24. The third kappa shape index (κ3) is 2.00. The number of para-hydroxylation sites is 1. The quantitative estimate of drug-likeness (QED) is 0.637. The number of carbonyl (C=O) groups is 1. The largest absolute Gasteiger partial charge is 0.369 e. The molecule has 21 heavy (non-hydrogen) atoms. The molecule has 1 fully saturated rings. The van der Waals surface area contributed by atoms with Gasteiger partial charge in [-0.1, -0.05) is 24.8 Å². The number of aryl methyl sites for hydroxylation is 1. The van der Waals surface area contributed by atoms with Crippen molar-refractivity contribution < 1.29 is 9.53 Å². The number of methoxy groups -OCH3 is 1. The van der Waals surface area contributed by atoms with E-state index in [4.69, 9.17) is 4.74 Å². The fourth-order valence-corrected chi connectivity index (χ4v) is 3.02. The Morgan fingerprint density at radius 2 is 2.19 bits per heavy atom. The highest BCUT2D eigenvalue weighted by Gasteiger charge is 2.49. The van der Waals surface area contributed by atoms with Crippen molar-refractivity contribution in [3.05, 3.63) is 54.4 Å². The molecule has 1 saturated heterocycles. The highest BCUT2D eigenvalue weighted by Crippen LogP contribution is 2.38. The van der Waals surface area contributed by atoms with Gasteiger partial charge < -0.3 is 14.2 Å². The van der Waals surface area contributed by atoms with Crippen molar-refractivity contribution in [2.45, 2.75) is 12.1 Å². The molecule has 1 aliphatic heterocycles. The lowest BCUT2D eigenvalue weighted by Gasteiger charge is -2.45. The first-order valence-electron chi connectivity index (χ1n) is 6.91. The van der Waals surface area contributed by atoms with Gasteiger partial charge in [-0.05, 0) is 23.6 Å². The predicted molar refractivity (Wildman–Crippen MR) is 81.9 cm³/mol. The van der Waals surface area contributed by atoms with Crippen molar-refractivity contribution in [1.82, 2.24) is 9.47 Å². The average molecular weight is 282 g/mol. The Bertz CT molecular complexity index is 740. The van der Waals surface area contributed by atoms with Crippen LogP contribution in [0.5, 0.6) is 0 Å². The molecule has 4 nitrogen and oxygen atoms in total. The van der Waals surface area contributed by atoms with E-state index in [2.05, 4.69) is 35.1 Å². The standard InChI is InChI=1S/C17H18N2O2/c1-4-5-10-19-15(16(21-3)17(19)20)14-11-12-8-6-7-9-13(12)18(14)2/h5-9,11,15-16H,1,10H2,2-3H3. The van der Waals surface area contributed by atoms with Crippen LogP contribution in [0.1, 0.15) is 11.7 Å². The minimum Gasteiger partial charge on any atom is -0.369 e. The fourth-order valence-electron chi connectivity index (χ4n) is 3.02. The maximum absolute atomic E-state index is 12.1. The zero-order chi connectivity index (χ0) is 15.0.